The van der Waals surface area contributed by atoms with Crippen molar-refractivity contribution >= 4 is 33.5 Å². The second-order valence-corrected chi connectivity index (χ2v) is 8.65. The maximum absolute atomic E-state index is 14.0. The average Bonchev–Trinajstić information content (AvgIpc) is 3.11. The summed E-state index contributed by atoms with van der Waals surface area (Å²) in [4.78, 5) is 27.7. The van der Waals surface area contributed by atoms with E-state index in [-0.39, 0.29) is 6.54 Å². The van der Waals surface area contributed by atoms with Gasteiger partial charge in [-0.1, -0.05) is 29.8 Å². The van der Waals surface area contributed by atoms with Gasteiger partial charge in [-0.3, -0.25) is 9.36 Å². The van der Waals surface area contributed by atoms with Crippen molar-refractivity contribution in [1.29, 1.82) is 0 Å². The zero-order valence-corrected chi connectivity index (χ0v) is 19.6. The van der Waals surface area contributed by atoms with Crippen LogP contribution in [0.15, 0.2) is 70.3 Å². The first kappa shape index (κ1) is 22.0. The lowest BCUT2D eigenvalue weighted by Crippen LogP contribution is -2.40. The van der Waals surface area contributed by atoms with Gasteiger partial charge in [0.15, 0.2) is 0 Å². The summed E-state index contributed by atoms with van der Waals surface area (Å²) in [6, 6.07) is 16.6. The standard InChI is InChI=1S/C26H21ClFN3O3/c1-15-7-8-17(27)12-22(15)31-25(32)24-23(20-13-19(34-3)9-10-21(20)29(24)2)30(26(31)33)14-16-5-4-6-18(28)11-16/h4-13H,14H2,1-3H3. The Bertz CT molecular complexity index is 1720. The van der Waals surface area contributed by atoms with Crippen molar-refractivity contribution in [1.82, 2.24) is 13.7 Å². The van der Waals surface area contributed by atoms with E-state index in [2.05, 4.69) is 0 Å². The van der Waals surface area contributed by atoms with E-state index in [1.54, 1.807) is 61.2 Å². The minimum absolute atomic E-state index is 0.0727. The molecule has 0 bridgehead atoms. The van der Waals surface area contributed by atoms with Crippen LogP contribution in [-0.4, -0.2) is 20.8 Å². The van der Waals surface area contributed by atoms with Gasteiger partial charge in [0.2, 0.25) is 0 Å². The number of hydrogen-bond acceptors (Lipinski definition) is 3. The molecule has 0 N–H and O–H groups in total. The number of methoxy groups -OCH3 is 1. The van der Waals surface area contributed by atoms with Crippen LogP contribution < -0.4 is 16.0 Å². The summed E-state index contributed by atoms with van der Waals surface area (Å²) in [5, 5.41) is 1.10. The Labute approximate surface area is 199 Å². The van der Waals surface area contributed by atoms with Gasteiger partial charge in [0.05, 0.1) is 30.4 Å². The quantitative estimate of drug-likeness (QED) is 0.373. The van der Waals surface area contributed by atoms with Gasteiger partial charge < -0.3 is 9.30 Å². The Balaban J connectivity index is 1.97. The van der Waals surface area contributed by atoms with Crippen molar-refractivity contribution in [2.75, 3.05) is 7.11 Å². The van der Waals surface area contributed by atoms with Crippen LogP contribution >= 0.6 is 11.6 Å². The Morgan fingerprint density at radius 3 is 2.53 bits per heavy atom. The molecule has 6 nitrogen and oxygen atoms in total. The minimum Gasteiger partial charge on any atom is -0.497 e. The number of benzene rings is 3. The second-order valence-electron chi connectivity index (χ2n) is 8.21. The zero-order valence-electron chi connectivity index (χ0n) is 18.8. The lowest BCUT2D eigenvalue weighted by Gasteiger charge is -2.15. The van der Waals surface area contributed by atoms with Crippen LogP contribution in [0.25, 0.3) is 27.6 Å². The molecular weight excluding hydrogens is 457 g/mol. The van der Waals surface area contributed by atoms with E-state index in [0.717, 1.165) is 15.6 Å². The molecule has 0 spiro atoms. The van der Waals surface area contributed by atoms with Crippen LogP contribution in [0.1, 0.15) is 11.1 Å². The van der Waals surface area contributed by atoms with Gasteiger partial charge in [0, 0.05) is 17.5 Å². The predicted molar refractivity (Wildman–Crippen MR) is 132 cm³/mol. The van der Waals surface area contributed by atoms with Crippen LogP contribution in [0.2, 0.25) is 5.02 Å². The molecule has 2 aromatic heterocycles. The minimum atomic E-state index is -0.539. The fraction of sp³-hybridized carbons (Fsp3) is 0.154. The van der Waals surface area contributed by atoms with E-state index in [1.807, 2.05) is 13.0 Å². The molecule has 0 aliphatic heterocycles. The number of rotatable bonds is 4. The molecule has 0 radical (unpaired) electrons. The molecule has 3 aromatic carbocycles. The zero-order chi connectivity index (χ0) is 24.1. The lowest BCUT2D eigenvalue weighted by atomic mass is 10.1. The summed E-state index contributed by atoms with van der Waals surface area (Å²) in [5.74, 6) is 0.194. The molecule has 34 heavy (non-hydrogen) atoms. The van der Waals surface area contributed by atoms with Crippen molar-refractivity contribution in [3.8, 4) is 11.4 Å². The van der Waals surface area contributed by atoms with E-state index in [0.29, 0.717) is 38.4 Å². The van der Waals surface area contributed by atoms with Crippen LogP contribution in [0.3, 0.4) is 0 Å². The highest BCUT2D eigenvalue weighted by molar-refractivity contribution is 6.30. The third-order valence-corrected chi connectivity index (χ3v) is 6.35. The molecule has 2 heterocycles. The highest BCUT2D eigenvalue weighted by atomic mass is 35.5. The first-order chi connectivity index (χ1) is 16.3. The van der Waals surface area contributed by atoms with Gasteiger partial charge in [-0.15, -0.1) is 0 Å². The van der Waals surface area contributed by atoms with Gasteiger partial charge >= 0.3 is 5.69 Å². The third kappa shape index (κ3) is 3.40. The summed E-state index contributed by atoms with van der Waals surface area (Å²) in [6.07, 6.45) is 0. The molecule has 0 saturated carbocycles. The fourth-order valence-electron chi connectivity index (χ4n) is 4.46. The number of aryl methyl sites for hydroxylation is 2. The predicted octanol–water partition coefficient (Wildman–Crippen LogP) is 4.80. The molecule has 172 valence electrons. The first-order valence-electron chi connectivity index (χ1n) is 10.6. The first-order valence-corrected chi connectivity index (χ1v) is 11.0. The SMILES string of the molecule is COc1ccc2c(c1)c1c(c(=O)n(-c3cc(Cl)ccc3C)c(=O)n1Cc1cccc(F)c1)n2C. The number of ether oxygens (including phenoxy) is 1. The molecule has 5 aromatic rings. The summed E-state index contributed by atoms with van der Waals surface area (Å²) < 4.78 is 23.8. The van der Waals surface area contributed by atoms with E-state index >= 15 is 0 Å². The highest BCUT2D eigenvalue weighted by Crippen LogP contribution is 2.30. The summed E-state index contributed by atoms with van der Waals surface area (Å²) in [5.41, 5.74) is 2.30. The maximum Gasteiger partial charge on any atom is 0.336 e. The van der Waals surface area contributed by atoms with Crippen molar-refractivity contribution in [2.45, 2.75) is 13.5 Å². The Morgan fingerprint density at radius 2 is 1.79 bits per heavy atom. The largest absolute Gasteiger partial charge is 0.497 e. The van der Waals surface area contributed by atoms with E-state index < -0.39 is 17.1 Å². The second kappa shape index (κ2) is 8.18. The van der Waals surface area contributed by atoms with Crippen molar-refractivity contribution in [3.05, 3.63) is 103 Å². The van der Waals surface area contributed by atoms with Crippen LogP contribution in [0, 0.1) is 12.7 Å². The Hall–Kier alpha value is -3.84. The molecule has 0 saturated heterocycles. The maximum atomic E-state index is 14.0. The number of halogens is 2. The van der Waals surface area contributed by atoms with E-state index in [9.17, 15) is 14.0 Å². The number of nitrogens with zero attached hydrogens (tertiary/aromatic N) is 3. The molecule has 0 unspecified atom stereocenters. The molecule has 0 aliphatic rings. The highest BCUT2D eigenvalue weighted by Gasteiger charge is 2.22. The number of aromatic nitrogens is 3. The normalized spacial score (nSPS) is 11.4. The van der Waals surface area contributed by atoms with Gasteiger partial charge in [-0.25, -0.2) is 13.8 Å². The van der Waals surface area contributed by atoms with Crippen molar-refractivity contribution in [2.24, 2.45) is 7.05 Å². The summed E-state index contributed by atoms with van der Waals surface area (Å²) in [7, 11) is 3.34. The molecular formula is C26H21ClFN3O3. The Kier molecular flexibility index (Phi) is 5.29. The summed E-state index contributed by atoms with van der Waals surface area (Å²) in [6.45, 7) is 1.88. The number of hydrogen-bond donors (Lipinski definition) is 0. The lowest BCUT2D eigenvalue weighted by molar-refractivity contribution is 0.415. The topological polar surface area (TPSA) is 58.2 Å². The molecule has 0 atom stereocenters. The van der Waals surface area contributed by atoms with Crippen LogP contribution in [-0.2, 0) is 13.6 Å². The average molecular weight is 478 g/mol. The van der Waals surface area contributed by atoms with Crippen LogP contribution in [0.5, 0.6) is 5.75 Å². The molecule has 0 amide bonds. The van der Waals surface area contributed by atoms with Crippen LogP contribution in [0.4, 0.5) is 4.39 Å². The molecule has 0 aliphatic carbocycles. The number of fused-ring (bicyclic) bond motifs is 3. The fourth-order valence-corrected chi connectivity index (χ4v) is 4.63. The smallest absolute Gasteiger partial charge is 0.336 e. The van der Waals surface area contributed by atoms with Gasteiger partial charge in [0.1, 0.15) is 17.1 Å². The van der Waals surface area contributed by atoms with Gasteiger partial charge in [0.25, 0.3) is 5.56 Å². The third-order valence-electron chi connectivity index (χ3n) is 6.12. The van der Waals surface area contributed by atoms with Gasteiger partial charge in [-0.05, 0) is 60.5 Å². The van der Waals surface area contributed by atoms with E-state index in [4.69, 9.17) is 16.3 Å². The van der Waals surface area contributed by atoms with Crippen molar-refractivity contribution in [3.63, 3.8) is 0 Å². The molecule has 8 heteroatoms. The van der Waals surface area contributed by atoms with Crippen molar-refractivity contribution < 1.29 is 9.13 Å². The Morgan fingerprint density at radius 1 is 1.00 bits per heavy atom. The van der Waals surface area contributed by atoms with E-state index in [1.165, 1.54) is 16.7 Å². The van der Waals surface area contributed by atoms with Gasteiger partial charge in [-0.2, -0.15) is 0 Å². The molecule has 0 fully saturated rings. The molecule has 5 rings (SSSR count). The monoisotopic (exact) mass is 477 g/mol. The summed E-state index contributed by atoms with van der Waals surface area (Å²) >= 11 is 6.22.